The summed E-state index contributed by atoms with van der Waals surface area (Å²) in [5.74, 6) is 0.963. The van der Waals surface area contributed by atoms with Crippen LogP contribution in [0.3, 0.4) is 0 Å². The van der Waals surface area contributed by atoms with E-state index in [1.54, 1.807) is 0 Å². The van der Waals surface area contributed by atoms with Crippen molar-refractivity contribution in [2.45, 2.75) is 51.5 Å². The van der Waals surface area contributed by atoms with Gasteiger partial charge in [-0.3, -0.25) is 0 Å². The Morgan fingerprint density at radius 1 is 1.20 bits per heavy atom. The number of hydrogen-bond acceptors (Lipinski definition) is 2. The van der Waals surface area contributed by atoms with Crippen LogP contribution in [0.5, 0.6) is 0 Å². The Labute approximate surface area is 120 Å². The molecular weight excluding hydrogens is 246 g/mol. The SMILES string of the molecule is CC(C)(N)Cc1ncc(-c2ccc3c(c2)CCCC3)[nH]1. The minimum absolute atomic E-state index is 0.231. The molecule has 0 amide bonds. The fourth-order valence-electron chi connectivity index (χ4n) is 2.93. The Balaban J connectivity index is 1.86. The third-order valence-corrected chi connectivity index (χ3v) is 3.91. The molecule has 1 aromatic carbocycles. The molecule has 0 bridgehead atoms. The van der Waals surface area contributed by atoms with E-state index in [0.29, 0.717) is 0 Å². The Morgan fingerprint density at radius 2 is 1.95 bits per heavy atom. The lowest BCUT2D eigenvalue weighted by atomic mass is 9.90. The van der Waals surface area contributed by atoms with Crippen LogP contribution in [-0.2, 0) is 19.3 Å². The molecular formula is C17H23N3. The number of aromatic amines is 1. The van der Waals surface area contributed by atoms with Crippen molar-refractivity contribution in [2.75, 3.05) is 0 Å². The maximum atomic E-state index is 6.05. The summed E-state index contributed by atoms with van der Waals surface area (Å²) in [7, 11) is 0. The molecule has 3 rings (SSSR count). The smallest absolute Gasteiger partial charge is 0.108 e. The van der Waals surface area contributed by atoms with E-state index in [1.165, 1.54) is 42.4 Å². The average Bonchev–Trinajstić information content (AvgIpc) is 2.84. The van der Waals surface area contributed by atoms with E-state index in [9.17, 15) is 0 Å². The van der Waals surface area contributed by atoms with Crippen molar-refractivity contribution >= 4 is 0 Å². The van der Waals surface area contributed by atoms with Crippen molar-refractivity contribution in [3.8, 4) is 11.3 Å². The molecule has 0 atom stereocenters. The molecule has 20 heavy (non-hydrogen) atoms. The fourth-order valence-corrected chi connectivity index (χ4v) is 2.93. The molecule has 0 spiro atoms. The molecule has 1 aromatic heterocycles. The lowest BCUT2D eigenvalue weighted by Crippen LogP contribution is -2.34. The molecule has 1 heterocycles. The molecule has 3 heteroatoms. The van der Waals surface area contributed by atoms with Crippen LogP contribution in [-0.4, -0.2) is 15.5 Å². The van der Waals surface area contributed by atoms with Crippen LogP contribution in [0.1, 0.15) is 43.6 Å². The van der Waals surface area contributed by atoms with Crippen molar-refractivity contribution in [3.05, 3.63) is 41.3 Å². The van der Waals surface area contributed by atoms with Gasteiger partial charge in [0, 0.05) is 12.0 Å². The van der Waals surface area contributed by atoms with Crippen LogP contribution in [0.4, 0.5) is 0 Å². The Bertz CT molecular complexity index is 605. The summed E-state index contributed by atoms with van der Waals surface area (Å²) >= 11 is 0. The third kappa shape index (κ3) is 2.93. The molecule has 0 radical (unpaired) electrons. The summed E-state index contributed by atoms with van der Waals surface area (Å²) < 4.78 is 0. The number of aromatic nitrogens is 2. The molecule has 0 saturated heterocycles. The summed E-state index contributed by atoms with van der Waals surface area (Å²) in [6, 6.07) is 6.80. The van der Waals surface area contributed by atoms with Gasteiger partial charge in [-0.2, -0.15) is 0 Å². The Kier molecular flexibility index (Phi) is 3.38. The summed E-state index contributed by atoms with van der Waals surface area (Å²) in [5, 5.41) is 0. The van der Waals surface area contributed by atoms with E-state index in [2.05, 4.69) is 28.2 Å². The Hall–Kier alpha value is -1.61. The van der Waals surface area contributed by atoms with Gasteiger partial charge < -0.3 is 10.7 Å². The van der Waals surface area contributed by atoms with Gasteiger partial charge in [0.2, 0.25) is 0 Å². The second-order valence-corrected chi connectivity index (χ2v) is 6.60. The summed E-state index contributed by atoms with van der Waals surface area (Å²) in [6.07, 6.45) is 7.76. The lowest BCUT2D eigenvalue weighted by Gasteiger charge is -2.16. The standard InChI is InChI=1S/C17H23N3/c1-17(2,18)10-16-19-11-15(20-16)14-8-7-12-5-3-4-6-13(12)9-14/h7-9,11H,3-6,10,18H2,1-2H3,(H,19,20). The van der Waals surface area contributed by atoms with Crippen LogP contribution in [0.2, 0.25) is 0 Å². The van der Waals surface area contributed by atoms with E-state index in [-0.39, 0.29) is 5.54 Å². The van der Waals surface area contributed by atoms with Gasteiger partial charge in [0.15, 0.2) is 0 Å². The number of hydrogen-bond donors (Lipinski definition) is 2. The number of nitrogens with two attached hydrogens (primary N) is 1. The first-order chi connectivity index (χ1) is 9.51. The number of nitrogens with one attached hydrogen (secondary N) is 1. The first kappa shape index (κ1) is 13.4. The van der Waals surface area contributed by atoms with Crippen LogP contribution in [0.25, 0.3) is 11.3 Å². The highest BCUT2D eigenvalue weighted by Gasteiger charge is 2.15. The second-order valence-electron chi connectivity index (χ2n) is 6.60. The van der Waals surface area contributed by atoms with Gasteiger partial charge in [0.25, 0.3) is 0 Å². The zero-order chi connectivity index (χ0) is 14.2. The maximum Gasteiger partial charge on any atom is 0.108 e. The average molecular weight is 269 g/mol. The van der Waals surface area contributed by atoms with Crippen LogP contribution < -0.4 is 5.73 Å². The molecule has 3 nitrogen and oxygen atoms in total. The van der Waals surface area contributed by atoms with E-state index in [4.69, 9.17) is 5.73 Å². The zero-order valence-electron chi connectivity index (χ0n) is 12.4. The number of nitrogens with zero attached hydrogens (tertiary/aromatic N) is 1. The summed E-state index contributed by atoms with van der Waals surface area (Å²) in [6.45, 7) is 4.04. The number of fused-ring (bicyclic) bond motifs is 1. The lowest BCUT2D eigenvalue weighted by molar-refractivity contribution is 0.505. The van der Waals surface area contributed by atoms with Gasteiger partial charge in [-0.1, -0.05) is 12.1 Å². The van der Waals surface area contributed by atoms with Crippen molar-refractivity contribution in [1.82, 2.24) is 9.97 Å². The van der Waals surface area contributed by atoms with Gasteiger partial charge in [0.1, 0.15) is 5.82 Å². The number of H-pyrrole nitrogens is 1. The van der Waals surface area contributed by atoms with Crippen molar-refractivity contribution in [1.29, 1.82) is 0 Å². The van der Waals surface area contributed by atoms with Gasteiger partial charge in [0.05, 0.1) is 11.9 Å². The number of aryl methyl sites for hydroxylation is 2. The first-order valence-corrected chi connectivity index (χ1v) is 7.46. The second kappa shape index (κ2) is 5.06. The quantitative estimate of drug-likeness (QED) is 0.898. The minimum Gasteiger partial charge on any atom is -0.342 e. The predicted octanol–water partition coefficient (Wildman–Crippen LogP) is 3.24. The predicted molar refractivity (Wildman–Crippen MR) is 82.6 cm³/mol. The molecule has 0 unspecified atom stereocenters. The molecule has 0 aliphatic heterocycles. The van der Waals surface area contributed by atoms with E-state index in [1.807, 2.05) is 20.0 Å². The van der Waals surface area contributed by atoms with E-state index < -0.39 is 0 Å². The number of rotatable bonds is 3. The molecule has 106 valence electrons. The fraction of sp³-hybridized carbons (Fsp3) is 0.471. The van der Waals surface area contributed by atoms with Crippen molar-refractivity contribution in [3.63, 3.8) is 0 Å². The highest BCUT2D eigenvalue weighted by Crippen LogP contribution is 2.26. The van der Waals surface area contributed by atoms with Crippen LogP contribution >= 0.6 is 0 Å². The van der Waals surface area contributed by atoms with Gasteiger partial charge in [-0.15, -0.1) is 0 Å². The maximum absolute atomic E-state index is 6.05. The zero-order valence-corrected chi connectivity index (χ0v) is 12.4. The van der Waals surface area contributed by atoms with E-state index >= 15 is 0 Å². The van der Waals surface area contributed by atoms with Crippen LogP contribution in [0, 0.1) is 0 Å². The van der Waals surface area contributed by atoms with Crippen molar-refractivity contribution < 1.29 is 0 Å². The summed E-state index contributed by atoms with van der Waals surface area (Å²) in [5.41, 5.74) is 11.2. The molecule has 1 aliphatic carbocycles. The molecule has 0 fully saturated rings. The van der Waals surface area contributed by atoms with Gasteiger partial charge in [-0.25, -0.2) is 4.98 Å². The van der Waals surface area contributed by atoms with E-state index in [0.717, 1.165) is 17.9 Å². The topological polar surface area (TPSA) is 54.7 Å². The largest absolute Gasteiger partial charge is 0.342 e. The minimum atomic E-state index is -0.231. The molecule has 2 aromatic rings. The normalized spacial score (nSPS) is 15.2. The molecule has 3 N–H and O–H groups in total. The molecule has 0 saturated carbocycles. The monoisotopic (exact) mass is 269 g/mol. The van der Waals surface area contributed by atoms with Gasteiger partial charge in [-0.05, 0) is 62.3 Å². The third-order valence-electron chi connectivity index (χ3n) is 3.91. The molecule has 1 aliphatic rings. The number of benzene rings is 1. The summed E-state index contributed by atoms with van der Waals surface area (Å²) in [4.78, 5) is 7.86. The highest BCUT2D eigenvalue weighted by molar-refractivity contribution is 5.61. The van der Waals surface area contributed by atoms with Gasteiger partial charge >= 0.3 is 0 Å². The highest BCUT2D eigenvalue weighted by atomic mass is 14.9. The van der Waals surface area contributed by atoms with Crippen LogP contribution in [0.15, 0.2) is 24.4 Å². The first-order valence-electron chi connectivity index (χ1n) is 7.46. The number of imidazole rings is 1. The Morgan fingerprint density at radius 3 is 2.70 bits per heavy atom. The van der Waals surface area contributed by atoms with Crippen molar-refractivity contribution in [2.24, 2.45) is 5.73 Å².